The number of aromatic nitrogens is 2. The quantitative estimate of drug-likeness (QED) is 0.750. The van der Waals surface area contributed by atoms with E-state index in [0.717, 1.165) is 0 Å². The summed E-state index contributed by atoms with van der Waals surface area (Å²) in [5.74, 6) is 0. The van der Waals surface area contributed by atoms with Crippen molar-refractivity contribution >= 4 is 17.3 Å². The first-order chi connectivity index (χ1) is 5.70. The van der Waals surface area contributed by atoms with Crippen molar-refractivity contribution in [2.45, 2.75) is 13.5 Å². The van der Waals surface area contributed by atoms with Gasteiger partial charge in [0.1, 0.15) is 5.02 Å². The smallest absolute Gasteiger partial charge is 0.287 e. The molecule has 0 bridgehead atoms. The van der Waals surface area contributed by atoms with Gasteiger partial charge in [-0.3, -0.25) is 4.79 Å². The topological polar surface area (TPSA) is 46.9 Å². The van der Waals surface area contributed by atoms with E-state index in [9.17, 15) is 4.79 Å². The highest BCUT2D eigenvalue weighted by Crippen LogP contribution is 2.13. The first-order valence-electron chi connectivity index (χ1n) is 3.64. The van der Waals surface area contributed by atoms with Crippen molar-refractivity contribution in [2.24, 2.45) is 0 Å². The molecule has 0 aliphatic rings. The van der Waals surface area contributed by atoms with Gasteiger partial charge in [-0.05, 0) is 6.92 Å². The summed E-state index contributed by atoms with van der Waals surface area (Å²) in [6.07, 6.45) is 1.53. The van der Waals surface area contributed by atoms with Crippen molar-refractivity contribution in [3.05, 3.63) is 21.6 Å². The van der Waals surface area contributed by atoms with E-state index >= 15 is 0 Å². The molecule has 0 unspecified atom stereocenters. The predicted molar refractivity (Wildman–Crippen MR) is 48.7 cm³/mol. The van der Waals surface area contributed by atoms with Gasteiger partial charge in [-0.25, -0.2) is 4.68 Å². The van der Waals surface area contributed by atoms with E-state index in [-0.39, 0.29) is 10.6 Å². The molecule has 0 atom stereocenters. The molecule has 66 valence electrons. The van der Waals surface area contributed by atoms with Gasteiger partial charge in [0.15, 0.2) is 0 Å². The molecule has 1 heterocycles. The minimum absolute atomic E-state index is 0.189. The maximum Gasteiger partial charge on any atom is 0.287 e. The van der Waals surface area contributed by atoms with Crippen LogP contribution in [0.25, 0.3) is 0 Å². The van der Waals surface area contributed by atoms with E-state index in [1.807, 2.05) is 6.92 Å². The Bertz CT molecular complexity index is 334. The normalized spacial score (nSPS) is 9.92. The summed E-state index contributed by atoms with van der Waals surface area (Å²) >= 11 is 5.74. The van der Waals surface area contributed by atoms with Gasteiger partial charge in [0.25, 0.3) is 5.56 Å². The summed E-state index contributed by atoms with van der Waals surface area (Å²) in [5, 5.41) is 6.85. The van der Waals surface area contributed by atoms with Crippen LogP contribution in [-0.4, -0.2) is 16.8 Å². The lowest BCUT2D eigenvalue weighted by molar-refractivity contribution is 0.616. The standard InChI is InChI=1S/C7H10ClN3O/c1-3-11-7(12)6(8)5(9-2)4-10-11/h4,9H,3H2,1-2H3. The molecule has 1 rings (SSSR count). The number of halogens is 1. The highest BCUT2D eigenvalue weighted by molar-refractivity contribution is 6.32. The van der Waals surface area contributed by atoms with Crippen molar-refractivity contribution in [3.8, 4) is 0 Å². The Labute approximate surface area is 75.2 Å². The number of rotatable bonds is 2. The lowest BCUT2D eigenvalue weighted by Gasteiger charge is -2.04. The molecule has 1 N–H and O–H groups in total. The second-order valence-corrected chi connectivity index (χ2v) is 2.62. The van der Waals surface area contributed by atoms with Gasteiger partial charge < -0.3 is 5.32 Å². The molecule has 0 fully saturated rings. The van der Waals surface area contributed by atoms with Crippen molar-refractivity contribution in [1.82, 2.24) is 9.78 Å². The fourth-order valence-corrected chi connectivity index (χ4v) is 1.11. The van der Waals surface area contributed by atoms with E-state index in [2.05, 4.69) is 10.4 Å². The Morgan fingerprint density at radius 1 is 1.75 bits per heavy atom. The maximum absolute atomic E-state index is 11.3. The molecule has 0 aliphatic heterocycles. The summed E-state index contributed by atoms with van der Waals surface area (Å²) in [6, 6.07) is 0. The van der Waals surface area contributed by atoms with Gasteiger partial charge in [-0.1, -0.05) is 11.6 Å². The minimum Gasteiger partial charge on any atom is -0.385 e. The minimum atomic E-state index is -0.258. The highest BCUT2D eigenvalue weighted by atomic mass is 35.5. The van der Waals surface area contributed by atoms with Crippen LogP contribution in [0.2, 0.25) is 5.02 Å². The van der Waals surface area contributed by atoms with E-state index in [1.54, 1.807) is 7.05 Å². The highest BCUT2D eigenvalue weighted by Gasteiger charge is 2.05. The van der Waals surface area contributed by atoms with E-state index in [1.165, 1.54) is 10.9 Å². The lowest BCUT2D eigenvalue weighted by atomic mass is 10.4. The van der Waals surface area contributed by atoms with Crippen LogP contribution >= 0.6 is 11.6 Å². The largest absolute Gasteiger partial charge is 0.385 e. The molecule has 0 saturated heterocycles. The number of aryl methyl sites for hydroxylation is 1. The molecule has 0 saturated carbocycles. The molecule has 1 aromatic rings. The third-order valence-electron chi connectivity index (χ3n) is 1.55. The molecule has 0 spiro atoms. The number of nitrogens with zero attached hydrogens (tertiary/aromatic N) is 2. The molecule has 0 aliphatic carbocycles. The third-order valence-corrected chi connectivity index (χ3v) is 1.92. The molecular weight excluding hydrogens is 178 g/mol. The summed E-state index contributed by atoms with van der Waals surface area (Å²) in [6.45, 7) is 2.37. The zero-order chi connectivity index (χ0) is 9.14. The third kappa shape index (κ3) is 1.43. The average molecular weight is 188 g/mol. The SMILES string of the molecule is CCn1ncc(NC)c(Cl)c1=O. The Kier molecular flexibility index (Phi) is 2.70. The fourth-order valence-electron chi connectivity index (χ4n) is 0.865. The number of hydrogen-bond donors (Lipinski definition) is 1. The molecule has 12 heavy (non-hydrogen) atoms. The average Bonchev–Trinajstić information content (AvgIpc) is 2.10. The van der Waals surface area contributed by atoms with Gasteiger partial charge in [0.05, 0.1) is 11.9 Å². The summed E-state index contributed by atoms with van der Waals surface area (Å²) in [4.78, 5) is 11.3. The maximum atomic E-state index is 11.3. The Morgan fingerprint density at radius 2 is 2.42 bits per heavy atom. The van der Waals surface area contributed by atoms with Crippen LogP contribution in [-0.2, 0) is 6.54 Å². The fraction of sp³-hybridized carbons (Fsp3) is 0.429. The second-order valence-electron chi connectivity index (χ2n) is 2.24. The number of nitrogens with one attached hydrogen (secondary N) is 1. The number of hydrogen-bond acceptors (Lipinski definition) is 3. The monoisotopic (exact) mass is 187 g/mol. The van der Waals surface area contributed by atoms with Crippen LogP contribution in [0.5, 0.6) is 0 Å². The zero-order valence-corrected chi connectivity index (χ0v) is 7.72. The van der Waals surface area contributed by atoms with Gasteiger partial charge in [-0.2, -0.15) is 5.10 Å². The first-order valence-corrected chi connectivity index (χ1v) is 4.01. The molecule has 4 nitrogen and oxygen atoms in total. The first kappa shape index (κ1) is 9.06. The van der Waals surface area contributed by atoms with E-state index < -0.39 is 0 Å². The van der Waals surface area contributed by atoms with E-state index in [4.69, 9.17) is 11.6 Å². The van der Waals surface area contributed by atoms with Crippen LogP contribution in [0, 0.1) is 0 Å². The number of anilines is 1. The van der Waals surface area contributed by atoms with Crippen LogP contribution in [0.15, 0.2) is 11.0 Å². The van der Waals surface area contributed by atoms with Crippen LogP contribution in [0.4, 0.5) is 5.69 Å². The lowest BCUT2D eigenvalue weighted by Crippen LogP contribution is -2.22. The van der Waals surface area contributed by atoms with Crippen molar-refractivity contribution in [3.63, 3.8) is 0 Å². The van der Waals surface area contributed by atoms with Crippen LogP contribution < -0.4 is 10.9 Å². The Hall–Kier alpha value is -1.03. The van der Waals surface area contributed by atoms with Gasteiger partial charge in [0, 0.05) is 13.6 Å². The second kappa shape index (κ2) is 3.58. The zero-order valence-electron chi connectivity index (χ0n) is 6.97. The summed E-state index contributed by atoms with van der Waals surface area (Å²) < 4.78 is 1.31. The Balaban J connectivity index is 3.30. The molecular formula is C7H10ClN3O. The molecule has 0 amide bonds. The van der Waals surface area contributed by atoms with Crippen molar-refractivity contribution in [1.29, 1.82) is 0 Å². The molecule has 0 aromatic carbocycles. The summed E-state index contributed by atoms with van der Waals surface area (Å²) in [5.41, 5.74) is 0.303. The molecule has 0 radical (unpaired) electrons. The Morgan fingerprint density at radius 3 is 2.92 bits per heavy atom. The molecule has 5 heteroatoms. The van der Waals surface area contributed by atoms with Gasteiger partial charge >= 0.3 is 0 Å². The summed E-state index contributed by atoms with van der Waals surface area (Å²) in [7, 11) is 1.69. The van der Waals surface area contributed by atoms with Gasteiger partial charge in [-0.15, -0.1) is 0 Å². The van der Waals surface area contributed by atoms with Crippen molar-refractivity contribution in [2.75, 3.05) is 12.4 Å². The van der Waals surface area contributed by atoms with Crippen LogP contribution in [0.1, 0.15) is 6.92 Å². The predicted octanol–water partition coefficient (Wildman–Crippen LogP) is 0.958. The molecule has 1 aromatic heterocycles. The van der Waals surface area contributed by atoms with E-state index in [0.29, 0.717) is 12.2 Å². The van der Waals surface area contributed by atoms with Crippen LogP contribution in [0.3, 0.4) is 0 Å². The van der Waals surface area contributed by atoms with Crippen molar-refractivity contribution < 1.29 is 0 Å². The van der Waals surface area contributed by atoms with Gasteiger partial charge in [0.2, 0.25) is 0 Å².